The average molecular weight is 555 g/mol. The minimum absolute atomic E-state index is 0.138. The molecule has 5 nitrogen and oxygen atoms in total. The fraction of sp³-hybridized carbons (Fsp3) is 0.556. The summed E-state index contributed by atoms with van der Waals surface area (Å²) < 4.78 is 12.4. The van der Waals surface area contributed by atoms with Gasteiger partial charge in [-0.15, -0.1) is 11.6 Å². The summed E-state index contributed by atoms with van der Waals surface area (Å²) in [6, 6.07) is 14.1. The number of nitrogens with zero attached hydrogens (tertiary/aromatic N) is 1. The van der Waals surface area contributed by atoms with Crippen LogP contribution in [0, 0.1) is 5.92 Å². The highest BCUT2D eigenvalue weighted by Gasteiger charge is 2.24. The van der Waals surface area contributed by atoms with Crippen LogP contribution in [0.3, 0.4) is 0 Å². The second-order valence-electron chi connectivity index (χ2n) is 9.86. The largest absolute Gasteiger partial charge is 0.491 e. The minimum Gasteiger partial charge on any atom is -0.491 e. The van der Waals surface area contributed by atoms with Crippen molar-refractivity contribution in [1.29, 1.82) is 0 Å². The van der Waals surface area contributed by atoms with E-state index in [-0.39, 0.29) is 17.9 Å². The molecule has 0 aromatic heterocycles. The maximum atomic E-state index is 10.4. The van der Waals surface area contributed by atoms with E-state index >= 15 is 0 Å². The molecular weight excluding hydrogens is 518 g/mol. The summed E-state index contributed by atoms with van der Waals surface area (Å²) in [7, 11) is 0. The van der Waals surface area contributed by atoms with E-state index in [1.807, 2.05) is 30.3 Å². The highest BCUT2D eigenvalue weighted by molar-refractivity contribution is 9.10. The Hall–Kier alpha value is -1.31. The Morgan fingerprint density at radius 1 is 1.00 bits per heavy atom. The molecule has 0 amide bonds. The Bertz CT molecular complexity index is 900. The van der Waals surface area contributed by atoms with Crippen molar-refractivity contribution in [2.24, 2.45) is 5.92 Å². The van der Waals surface area contributed by atoms with Gasteiger partial charge in [-0.3, -0.25) is 0 Å². The molecule has 188 valence electrons. The predicted octanol–water partition coefficient (Wildman–Crippen LogP) is 5.23. The number of benzene rings is 2. The van der Waals surface area contributed by atoms with Gasteiger partial charge in [0.05, 0.1) is 10.4 Å². The van der Waals surface area contributed by atoms with Gasteiger partial charge in [0.15, 0.2) is 0 Å². The summed E-state index contributed by atoms with van der Waals surface area (Å²) in [6.07, 6.45) is 1.22. The summed E-state index contributed by atoms with van der Waals surface area (Å²) in [4.78, 5) is 2.33. The lowest BCUT2D eigenvalue weighted by molar-refractivity contribution is 0.0563. The first-order valence-corrected chi connectivity index (χ1v) is 13.3. The van der Waals surface area contributed by atoms with Crippen molar-refractivity contribution >= 4 is 27.5 Å². The van der Waals surface area contributed by atoms with Gasteiger partial charge >= 0.3 is 0 Å². The van der Waals surface area contributed by atoms with E-state index in [1.165, 1.54) is 12.8 Å². The number of likely N-dealkylation sites (tertiary alicyclic amines) is 1. The van der Waals surface area contributed by atoms with Crippen molar-refractivity contribution in [3.8, 4) is 11.5 Å². The van der Waals surface area contributed by atoms with Crippen molar-refractivity contribution in [2.45, 2.75) is 51.2 Å². The average Bonchev–Trinajstić information content (AvgIpc) is 2.83. The van der Waals surface area contributed by atoms with E-state index < -0.39 is 12.2 Å². The SMILES string of the molecule is CC1CCN(CC(O)COc2ccc(C(C)(C)c3ccc(OCC(O)CCl)c(Br)c3)cc2)CC1. The maximum Gasteiger partial charge on any atom is 0.133 e. The number of ether oxygens (including phenoxy) is 2. The molecule has 0 saturated carbocycles. The number of hydrogen-bond donors (Lipinski definition) is 2. The molecule has 2 atom stereocenters. The van der Waals surface area contributed by atoms with Crippen LogP contribution in [0.15, 0.2) is 46.9 Å². The zero-order valence-electron chi connectivity index (χ0n) is 20.3. The molecule has 1 heterocycles. The predicted molar refractivity (Wildman–Crippen MR) is 141 cm³/mol. The second kappa shape index (κ2) is 12.6. The Morgan fingerprint density at radius 3 is 2.24 bits per heavy atom. The Balaban J connectivity index is 1.56. The van der Waals surface area contributed by atoms with E-state index in [0.29, 0.717) is 18.9 Å². The van der Waals surface area contributed by atoms with E-state index in [0.717, 1.165) is 40.4 Å². The van der Waals surface area contributed by atoms with Gasteiger partial charge in [-0.25, -0.2) is 0 Å². The lowest BCUT2D eigenvalue weighted by Gasteiger charge is -2.31. The molecule has 0 spiro atoms. The highest BCUT2D eigenvalue weighted by atomic mass is 79.9. The van der Waals surface area contributed by atoms with E-state index in [9.17, 15) is 10.2 Å². The first-order valence-electron chi connectivity index (χ1n) is 12.0. The highest BCUT2D eigenvalue weighted by Crippen LogP contribution is 2.36. The van der Waals surface area contributed by atoms with Crippen LogP contribution in [-0.2, 0) is 5.41 Å². The molecule has 1 fully saturated rings. The summed E-state index contributed by atoms with van der Waals surface area (Å²) >= 11 is 9.22. The maximum absolute atomic E-state index is 10.4. The minimum atomic E-state index is -0.694. The third-order valence-electron chi connectivity index (χ3n) is 6.63. The van der Waals surface area contributed by atoms with Crippen LogP contribution in [0.5, 0.6) is 11.5 Å². The molecule has 0 aliphatic carbocycles. The van der Waals surface area contributed by atoms with Crippen molar-refractivity contribution < 1.29 is 19.7 Å². The number of aliphatic hydroxyl groups is 2. The van der Waals surface area contributed by atoms with Crippen molar-refractivity contribution in [3.05, 3.63) is 58.1 Å². The molecule has 2 unspecified atom stereocenters. The zero-order valence-corrected chi connectivity index (χ0v) is 22.7. The topological polar surface area (TPSA) is 62.2 Å². The normalized spacial score (nSPS) is 17.4. The van der Waals surface area contributed by atoms with E-state index in [2.05, 4.69) is 53.7 Å². The fourth-order valence-corrected chi connectivity index (χ4v) is 4.74. The van der Waals surface area contributed by atoms with Gasteiger partial charge in [0.25, 0.3) is 0 Å². The lowest BCUT2D eigenvalue weighted by Crippen LogP contribution is -2.40. The van der Waals surface area contributed by atoms with Gasteiger partial charge in [0.2, 0.25) is 0 Å². The van der Waals surface area contributed by atoms with Crippen LogP contribution in [0.2, 0.25) is 0 Å². The number of β-amino-alcohol motifs (C(OH)–C–C–N with tert-alkyl or cyclic N) is 1. The summed E-state index contributed by atoms with van der Waals surface area (Å²) in [6.45, 7) is 9.86. The smallest absolute Gasteiger partial charge is 0.133 e. The van der Waals surface area contributed by atoms with Crippen molar-refractivity contribution in [1.82, 2.24) is 4.90 Å². The van der Waals surface area contributed by atoms with Crippen LogP contribution in [-0.4, -0.2) is 66.0 Å². The van der Waals surface area contributed by atoms with Crippen LogP contribution in [0.4, 0.5) is 0 Å². The Morgan fingerprint density at radius 2 is 1.62 bits per heavy atom. The molecule has 0 bridgehead atoms. The number of rotatable bonds is 11. The summed E-state index contributed by atoms with van der Waals surface area (Å²) in [5.41, 5.74) is 2.05. The quantitative estimate of drug-likeness (QED) is 0.373. The molecular formula is C27H37BrClNO4. The summed E-state index contributed by atoms with van der Waals surface area (Å²) in [5.74, 6) is 2.35. The van der Waals surface area contributed by atoms with E-state index in [4.69, 9.17) is 21.1 Å². The van der Waals surface area contributed by atoms with E-state index in [1.54, 1.807) is 0 Å². The summed E-state index contributed by atoms with van der Waals surface area (Å²) in [5, 5.41) is 20.0. The van der Waals surface area contributed by atoms with Crippen molar-refractivity contribution in [3.63, 3.8) is 0 Å². The third-order valence-corrected chi connectivity index (χ3v) is 7.60. The lowest BCUT2D eigenvalue weighted by atomic mass is 9.78. The van der Waals surface area contributed by atoms with Crippen LogP contribution >= 0.6 is 27.5 Å². The molecule has 1 saturated heterocycles. The molecule has 1 aliphatic rings. The molecule has 2 aromatic rings. The van der Waals surface area contributed by atoms with Crippen LogP contribution in [0.25, 0.3) is 0 Å². The van der Waals surface area contributed by atoms with Gasteiger partial charge < -0.3 is 24.6 Å². The number of alkyl halides is 1. The fourth-order valence-electron chi connectivity index (χ4n) is 4.16. The van der Waals surface area contributed by atoms with Crippen LogP contribution < -0.4 is 9.47 Å². The van der Waals surface area contributed by atoms with Gasteiger partial charge in [0, 0.05) is 12.0 Å². The van der Waals surface area contributed by atoms with Crippen LogP contribution in [0.1, 0.15) is 44.7 Å². The molecule has 3 rings (SSSR count). The first kappa shape index (κ1) is 27.3. The van der Waals surface area contributed by atoms with Gasteiger partial charge in [-0.1, -0.05) is 39.0 Å². The number of piperidine rings is 1. The third kappa shape index (κ3) is 7.59. The zero-order chi connectivity index (χ0) is 24.7. The van der Waals surface area contributed by atoms with Crippen molar-refractivity contribution in [2.75, 3.05) is 38.7 Å². The standard InChI is InChI=1S/C27H37BrClNO4/c1-19-10-12-30(13-11-19)16-23(32)18-33-24-7-4-20(5-8-24)27(2,3)21-6-9-26(25(28)14-21)34-17-22(31)15-29/h4-9,14,19,22-23,31-32H,10-13,15-18H2,1-3H3. The molecule has 7 heteroatoms. The monoisotopic (exact) mass is 553 g/mol. The number of halogens is 2. The number of hydrogen-bond acceptors (Lipinski definition) is 5. The molecule has 2 aromatic carbocycles. The molecule has 2 N–H and O–H groups in total. The Labute approximate surface area is 217 Å². The van der Waals surface area contributed by atoms with Gasteiger partial charge in [-0.2, -0.15) is 0 Å². The Kier molecular flexibility index (Phi) is 10.1. The first-order chi connectivity index (χ1) is 16.2. The number of aliphatic hydroxyl groups excluding tert-OH is 2. The van der Waals surface area contributed by atoms with Gasteiger partial charge in [0.1, 0.15) is 36.9 Å². The molecule has 1 aliphatic heterocycles. The second-order valence-corrected chi connectivity index (χ2v) is 11.0. The molecule has 34 heavy (non-hydrogen) atoms. The molecule has 0 radical (unpaired) electrons. The van der Waals surface area contributed by atoms with Gasteiger partial charge in [-0.05, 0) is 83.2 Å².